The van der Waals surface area contributed by atoms with Gasteiger partial charge >= 0.3 is 5.63 Å². The van der Waals surface area contributed by atoms with Crippen molar-refractivity contribution in [2.45, 2.75) is 13.5 Å². The molecule has 3 nitrogen and oxygen atoms in total. The second kappa shape index (κ2) is 4.94. The van der Waals surface area contributed by atoms with E-state index in [-0.39, 0.29) is 5.63 Å². The highest BCUT2D eigenvalue weighted by Crippen LogP contribution is 2.29. The van der Waals surface area contributed by atoms with E-state index in [9.17, 15) is 4.79 Å². The minimum Gasteiger partial charge on any atom is -0.423 e. The zero-order valence-corrected chi connectivity index (χ0v) is 11.2. The third kappa shape index (κ3) is 2.12. The molecule has 0 aliphatic heterocycles. The van der Waals surface area contributed by atoms with Gasteiger partial charge in [-0.1, -0.05) is 36.4 Å². The Hall–Kier alpha value is -2.39. The minimum absolute atomic E-state index is 0.343. The molecule has 0 saturated carbocycles. The highest BCUT2D eigenvalue weighted by molar-refractivity contribution is 5.94. The number of aryl methyl sites for hydroxylation is 1. The van der Waals surface area contributed by atoms with E-state index >= 15 is 0 Å². The first kappa shape index (κ1) is 12.6. The number of fused-ring (bicyclic) bond motifs is 1. The van der Waals surface area contributed by atoms with Crippen LogP contribution in [0.1, 0.15) is 11.1 Å². The second-order valence-corrected chi connectivity index (χ2v) is 4.83. The Morgan fingerprint density at radius 3 is 2.60 bits per heavy atom. The van der Waals surface area contributed by atoms with Crippen LogP contribution in [-0.4, -0.2) is 0 Å². The van der Waals surface area contributed by atoms with Gasteiger partial charge in [0.15, 0.2) is 0 Å². The summed E-state index contributed by atoms with van der Waals surface area (Å²) in [4.78, 5) is 11.8. The average Bonchev–Trinajstić information content (AvgIpc) is 2.46. The molecule has 2 aromatic carbocycles. The van der Waals surface area contributed by atoms with Gasteiger partial charge in [-0.3, -0.25) is 0 Å². The first-order valence-corrected chi connectivity index (χ1v) is 6.52. The summed E-state index contributed by atoms with van der Waals surface area (Å²) in [7, 11) is 0. The Labute approximate surface area is 116 Å². The van der Waals surface area contributed by atoms with Crippen LogP contribution in [0.15, 0.2) is 57.7 Å². The average molecular weight is 265 g/mol. The maximum absolute atomic E-state index is 11.8. The lowest BCUT2D eigenvalue weighted by Crippen LogP contribution is -2.01. The fourth-order valence-electron chi connectivity index (χ4n) is 2.43. The van der Waals surface area contributed by atoms with E-state index in [0.717, 1.165) is 27.6 Å². The predicted molar refractivity (Wildman–Crippen MR) is 80.5 cm³/mol. The van der Waals surface area contributed by atoms with Crippen LogP contribution in [0.3, 0.4) is 0 Å². The highest BCUT2D eigenvalue weighted by Gasteiger charge is 2.09. The Kier molecular flexibility index (Phi) is 3.12. The molecule has 2 N–H and O–H groups in total. The van der Waals surface area contributed by atoms with Crippen LogP contribution < -0.4 is 11.4 Å². The highest BCUT2D eigenvalue weighted by atomic mass is 16.4. The molecular weight excluding hydrogens is 250 g/mol. The zero-order chi connectivity index (χ0) is 14.1. The molecule has 3 heteroatoms. The lowest BCUT2D eigenvalue weighted by Gasteiger charge is -2.09. The summed E-state index contributed by atoms with van der Waals surface area (Å²) in [6.45, 7) is 2.46. The van der Waals surface area contributed by atoms with Gasteiger partial charge in [0.25, 0.3) is 0 Å². The Morgan fingerprint density at radius 2 is 1.85 bits per heavy atom. The Bertz CT molecular complexity index is 834. The zero-order valence-electron chi connectivity index (χ0n) is 11.2. The van der Waals surface area contributed by atoms with Crippen molar-refractivity contribution in [1.82, 2.24) is 0 Å². The lowest BCUT2D eigenvalue weighted by atomic mass is 9.97. The van der Waals surface area contributed by atoms with Gasteiger partial charge in [-0.2, -0.15) is 0 Å². The van der Waals surface area contributed by atoms with Gasteiger partial charge in [-0.05, 0) is 29.7 Å². The Balaban J connectivity index is 2.36. The monoisotopic (exact) mass is 265 g/mol. The van der Waals surface area contributed by atoms with Crippen molar-refractivity contribution in [2.24, 2.45) is 5.73 Å². The number of hydrogen-bond acceptors (Lipinski definition) is 3. The molecular formula is C17H15NO2. The van der Waals surface area contributed by atoms with Crippen LogP contribution in [0.4, 0.5) is 0 Å². The van der Waals surface area contributed by atoms with Gasteiger partial charge in [0.1, 0.15) is 5.58 Å². The van der Waals surface area contributed by atoms with E-state index in [2.05, 4.69) is 0 Å². The van der Waals surface area contributed by atoms with E-state index in [4.69, 9.17) is 10.2 Å². The van der Waals surface area contributed by atoms with Crippen molar-refractivity contribution in [3.8, 4) is 11.1 Å². The molecule has 100 valence electrons. The first-order valence-electron chi connectivity index (χ1n) is 6.52. The van der Waals surface area contributed by atoms with Crippen LogP contribution in [0.2, 0.25) is 0 Å². The van der Waals surface area contributed by atoms with Crippen LogP contribution in [0.25, 0.3) is 22.1 Å². The van der Waals surface area contributed by atoms with Crippen LogP contribution in [0, 0.1) is 6.92 Å². The van der Waals surface area contributed by atoms with E-state index in [1.54, 1.807) is 6.07 Å². The van der Waals surface area contributed by atoms with E-state index in [1.807, 2.05) is 49.4 Å². The van der Waals surface area contributed by atoms with Crippen LogP contribution in [-0.2, 0) is 6.54 Å². The van der Waals surface area contributed by atoms with Crippen molar-refractivity contribution in [3.63, 3.8) is 0 Å². The molecule has 0 atom stereocenters. The molecule has 0 bridgehead atoms. The number of hydrogen-bond donors (Lipinski definition) is 1. The van der Waals surface area contributed by atoms with E-state index < -0.39 is 0 Å². The van der Waals surface area contributed by atoms with Crippen molar-refractivity contribution in [2.75, 3.05) is 0 Å². The molecule has 0 aliphatic carbocycles. The SMILES string of the molecule is Cc1ccccc1-c1cc(=O)oc2cc(CN)ccc12. The predicted octanol–water partition coefficient (Wildman–Crippen LogP) is 3.23. The molecule has 0 spiro atoms. The molecule has 0 unspecified atom stereocenters. The second-order valence-electron chi connectivity index (χ2n) is 4.83. The lowest BCUT2D eigenvalue weighted by molar-refractivity contribution is 0.561. The molecule has 0 amide bonds. The third-order valence-corrected chi connectivity index (χ3v) is 3.48. The van der Waals surface area contributed by atoms with Crippen molar-refractivity contribution >= 4 is 11.0 Å². The summed E-state index contributed by atoms with van der Waals surface area (Å²) < 4.78 is 5.30. The topological polar surface area (TPSA) is 56.2 Å². The number of benzene rings is 2. The van der Waals surface area contributed by atoms with Gasteiger partial charge in [0.05, 0.1) is 0 Å². The summed E-state index contributed by atoms with van der Waals surface area (Å²) in [6.07, 6.45) is 0. The molecule has 3 aromatic rings. The normalized spacial score (nSPS) is 10.9. The molecule has 1 aromatic heterocycles. The van der Waals surface area contributed by atoms with Crippen molar-refractivity contribution in [3.05, 3.63) is 70.1 Å². The van der Waals surface area contributed by atoms with Crippen molar-refractivity contribution < 1.29 is 4.42 Å². The summed E-state index contributed by atoms with van der Waals surface area (Å²) >= 11 is 0. The summed E-state index contributed by atoms with van der Waals surface area (Å²) in [5, 5.41) is 0.927. The van der Waals surface area contributed by atoms with Crippen molar-refractivity contribution in [1.29, 1.82) is 0 Å². The van der Waals surface area contributed by atoms with Crippen LogP contribution in [0.5, 0.6) is 0 Å². The fourth-order valence-corrected chi connectivity index (χ4v) is 2.43. The third-order valence-electron chi connectivity index (χ3n) is 3.48. The molecule has 0 fully saturated rings. The maximum Gasteiger partial charge on any atom is 0.336 e. The maximum atomic E-state index is 11.8. The quantitative estimate of drug-likeness (QED) is 0.724. The molecule has 0 saturated heterocycles. The minimum atomic E-state index is -0.343. The van der Waals surface area contributed by atoms with E-state index in [0.29, 0.717) is 12.1 Å². The number of nitrogens with two attached hydrogens (primary N) is 1. The van der Waals surface area contributed by atoms with E-state index in [1.165, 1.54) is 0 Å². The summed E-state index contributed by atoms with van der Waals surface area (Å²) in [5.41, 5.74) is 9.89. The van der Waals surface area contributed by atoms with Gasteiger partial charge in [0.2, 0.25) is 0 Å². The summed E-state index contributed by atoms with van der Waals surface area (Å²) in [5.74, 6) is 0. The first-order chi connectivity index (χ1) is 9.69. The molecule has 3 rings (SSSR count). The van der Waals surface area contributed by atoms with Crippen LogP contribution >= 0.6 is 0 Å². The Morgan fingerprint density at radius 1 is 1.05 bits per heavy atom. The summed E-state index contributed by atoms with van der Waals surface area (Å²) in [6, 6.07) is 15.3. The molecule has 1 heterocycles. The standard InChI is InChI=1S/C17H15NO2/c1-11-4-2-3-5-13(11)15-9-17(19)20-16-8-12(10-18)6-7-14(15)16/h2-9H,10,18H2,1H3. The largest absolute Gasteiger partial charge is 0.423 e. The fraction of sp³-hybridized carbons (Fsp3) is 0.118. The molecule has 20 heavy (non-hydrogen) atoms. The van der Waals surface area contributed by atoms with Gasteiger partial charge in [-0.25, -0.2) is 4.79 Å². The van der Waals surface area contributed by atoms with Gasteiger partial charge in [-0.15, -0.1) is 0 Å². The molecule has 0 aliphatic rings. The molecule has 0 radical (unpaired) electrons. The van der Waals surface area contributed by atoms with Gasteiger partial charge < -0.3 is 10.2 Å². The number of rotatable bonds is 2. The smallest absolute Gasteiger partial charge is 0.336 e. The van der Waals surface area contributed by atoms with Gasteiger partial charge in [0, 0.05) is 23.6 Å².